The molecule has 31 heavy (non-hydrogen) atoms. The summed E-state index contributed by atoms with van der Waals surface area (Å²) in [5, 5.41) is 0. The van der Waals surface area contributed by atoms with E-state index in [-0.39, 0.29) is 28.8 Å². The number of rotatable bonds is 2. The number of carbonyl (C=O) groups is 3. The highest BCUT2D eigenvalue weighted by molar-refractivity contribution is 6.20. The lowest BCUT2D eigenvalue weighted by molar-refractivity contribution is -0.167. The summed E-state index contributed by atoms with van der Waals surface area (Å²) in [4.78, 5) is 37.5. The number of ether oxygens (including phenoxy) is 2. The first-order valence-electron chi connectivity index (χ1n) is 12.1. The third-order valence-corrected chi connectivity index (χ3v) is 10.2. The average Bonchev–Trinajstić information content (AvgIpc) is 3.28. The molecule has 1 saturated heterocycles. The van der Waals surface area contributed by atoms with Crippen molar-refractivity contribution >= 4 is 17.5 Å². The molecule has 166 valence electrons. The molecule has 6 rings (SSSR count). The number of esters is 1. The van der Waals surface area contributed by atoms with E-state index in [2.05, 4.69) is 20.4 Å². The molecule has 5 nitrogen and oxygen atoms in total. The van der Waals surface area contributed by atoms with Crippen LogP contribution >= 0.6 is 0 Å². The predicted molar refractivity (Wildman–Crippen MR) is 113 cm³/mol. The highest BCUT2D eigenvalue weighted by Crippen LogP contribution is 2.66. The zero-order valence-electron chi connectivity index (χ0n) is 18.6. The Morgan fingerprint density at radius 3 is 2.65 bits per heavy atom. The Kier molecular flexibility index (Phi) is 3.97. The normalized spacial score (nSPS) is 50.2. The maximum atomic E-state index is 13.0. The second-order valence-corrected chi connectivity index (χ2v) is 11.5. The molecule has 4 saturated carbocycles. The fourth-order valence-electron chi connectivity index (χ4n) is 8.35. The van der Waals surface area contributed by atoms with Gasteiger partial charge in [0, 0.05) is 18.3 Å². The van der Waals surface area contributed by atoms with Gasteiger partial charge in [-0.3, -0.25) is 9.59 Å². The Bertz CT molecular complexity index is 947. The summed E-state index contributed by atoms with van der Waals surface area (Å²) in [6.45, 7) is 8.47. The Morgan fingerprint density at radius 2 is 1.90 bits per heavy atom. The fourth-order valence-corrected chi connectivity index (χ4v) is 8.35. The Hall–Kier alpha value is -1.75. The van der Waals surface area contributed by atoms with Crippen LogP contribution in [0.4, 0.5) is 0 Å². The molecule has 0 radical (unpaired) electrons. The van der Waals surface area contributed by atoms with Gasteiger partial charge in [-0.05, 0) is 79.8 Å². The summed E-state index contributed by atoms with van der Waals surface area (Å²) < 4.78 is 11.6. The van der Waals surface area contributed by atoms with Crippen LogP contribution in [0.2, 0.25) is 0 Å². The van der Waals surface area contributed by atoms with Crippen molar-refractivity contribution in [1.82, 2.24) is 0 Å². The molecule has 0 spiro atoms. The Balaban J connectivity index is 1.22. The van der Waals surface area contributed by atoms with Gasteiger partial charge in [-0.2, -0.15) is 0 Å². The van der Waals surface area contributed by atoms with Crippen LogP contribution in [0.5, 0.6) is 0 Å². The van der Waals surface area contributed by atoms with E-state index >= 15 is 0 Å². The second kappa shape index (κ2) is 6.18. The molecular formula is C26H32O5. The van der Waals surface area contributed by atoms with Gasteiger partial charge in [-0.1, -0.05) is 26.0 Å². The molecule has 1 aliphatic heterocycles. The molecule has 0 aromatic rings. The Morgan fingerprint density at radius 1 is 1.10 bits per heavy atom. The smallest absolute Gasteiger partial charge is 0.349 e. The number of hydrogen-bond acceptors (Lipinski definition) is 5. The number of epoxide rings is 1. The summed E-state index contributed by atoms with van der Waals surface area (Å²) >= 11 is 0. The molecular weight excluding hydrogens is 392 g/mol. The van der Waals surface area contributed by atoms with Crippen LogP contribution in [-0.2, 0) is 23.9 Å². The molecule has 0 aromatic carbocycles. The van der Waals surface area contributed by atoms with Crippen LogP contribution in [-0.4, -0.2) is 35.3 Å². The molecule has 5 aliphatic carbocycles. The minimum absolute atomic E-state index is 0.0431. The van der Waals surface area contributed by atoms with Crippen molar-refractivity contribution in [3.8, 4) is 0 Å². The van der Waals surface area contributed by atoms with Crippen LogP contribution in [0, 0.1) is 28.6 Å². The first kappa shape index (κ1) is 19.9. The van der Waals surface area contributed by atoms with E-state index in [1.54, 1.807) is 0 Å². The molecule has 8 atom stereocenters. The summed E-state index contributed by atoms with van der Waals surface area (Å²) in [6.07, 6.45) is 9.78. The summed E-state index contributed by atoms with van der Waals surface area (Å²) in [5.41, 5.74) is 0.589. The lowest BCUT2D eigenvalue weighted by Gasteiger charge is -2.57. The third kappa shape index (κ3) is 2.44. The van der Waals surface area contributed by atoms with E-state index in [0.717, 1.165) is 44.9 Å². The largest absolute Gasteiger partial charge is 0.459 e. The van der Waals surface area contributed by atoms with Crippen molar-refractivity contribution in [2.45, 2.75) is 89.4 Å². The fraction of sp³-hybridized carbons (Fsp3) is 0.731. The standard InChI is InChI=1S/C26H32O5/c1-14-12-21-26(31-21,22(14)28)23(29)30-20-7-6-18-17-5-4-15-13-16(27)8-10-24(15,2)19(17)9-11-25(18,20)3/h13,17-21H,1,4-12H2,2-3H3/t17-,18-,19-,20-,21?,24-,25-,26?/m0/s1. The summed E-state index contributed by atoms with van der Waals surface area (Å²) in [7, 11) is 0. The van der Waals surface area contributed by atoms with Gasteiger partial charge in [0.05, 0.1) is 0 Å². The molecule has 0 aromatic heterocycles. The Labute approximate surface area is 183 Å². The van der Waals surface area contributed by atoms with E-state index in [0.29, 0.717) is 42.0 Å². The quantitative estimate of drug-likeness (QED) is 0.289. The monoisotopic (exact) mass is 424 g/mol. The van der Waals surface area contributed by atoms with Gasteiger partial charge in [-0.15, -0.1) is 0 Å². The van der Waals surface area contributed by atoms with Gasteiger partial charge in [0.25, 0.3) is 5.60 Å². The van der Waals surface area contributed by atoms with Crippen LogP contribution in [0.15, 0.2) is 23.8 Å². The van der Waals surface area contributed by atoms with Crippen molar-refractivity contribution in [2.24, 2.45) is 28.6 Å². The van der Waals surface area contributed by atoms with Crippen LogP contribution in [0.3, 0.4) is 0 Å². The maximum Gasteiger partial charge on any atom is 0.349 e. The molecule has 5 fully saturated rings. The lowest BCUT2D eigenvalue weighted by Crippen LogP contribution is -2.52. The number of fused-ring (bicyclic) bond motifs is 6. The number of carbonyl (C=O) groups excluding carboxylic acids is 3. The first-order valence-corrected chi connectivity index (χ1v) is 12.1. The number of Topliss-reactive ketones (excluding diaryl/α,β-unsaturated/α-hetero) is 1. The van der Waals surface area contributed by atoms with E-state index in [1.165, 1.54) is 5.57 Å². The van der Waals surface area contributed by atoms with Crippen molar-refractivity contribution in [2.75, 3.05) is 0 Å². The number of ketones is 2. The van der Waals surface area contributed by atoms with Crippen LogP contribution in [0.25, 0.3) is 0 Å². The van der Waals surface area contributed by atoms with Crippen LogP contribution < -0.4 is 0 Å². The van der Waals surface area contributed by atoms with Gasteiger partial charge in [0.15, 0.2) is 5.78 Å². The number of allylic oxidation sites excluding steroid dienone is 1. The predicted octanol–water partition coefficient (Wildman–Crippen LogP) is 4.10. The van der Waals surface area contributed by atoms with Crippen molar-refractivity contribution in [1.29, 1.82) is 0 Å². The van der Waals surface area contributed by atoms with Crippen molar-refractivity contribution in [3.05, 3.63) is 23.8 Å². The average molecular weight is 425 g/mol. The third-order valence-electron chi connectivity index (χ3n) is 10.2. The van der Waals surface area contributed by atoms with E-state index in [1.807, 2.05) is 6.08 Å². The van der Waals surface area contributed by atoms with E-state index in [4.69, 9.17) is 9.47 Å². The highest BCUT2D eigenvalue weighted by Gasteiger charge is 2.74. The van der Waals surface area contributed by atoms with Gasteiger partial charge in [0.2, 0.25) is 5.78 Å². The first-order chi connectivity index (χ1) is 14.7. The number of hydrogen-bond donors (Lipinski definition) is 0. The summed E-state index contributed by atoms with van der Waals surface area (Å²) in [5.74, 6) is 1.29. The van der Waals surface area contributed by atoms with Crippen molar-refractivity contribution in [3.63, 3.8) is 0 Å². The maximum absolute atomic E-state index is 13.0. The van der Waals surface area contributed by atoms with Gasteiger partial charge < -0.3 is 9.47 Å². The molecule has 0 amide bonds. The zero-order chi connectivity index (χ0) is 21.8. The molecule has 2 unspecified atom stereocenters. The second-order valence-electron chi connectivity index (χ2n) is 11.5. The SMILES string of the molecule is C=C1CC2OC2(C(=O)O[C@H]2CC[C@H]3[C@@H]4CCC5=CC(=O)CC[C@]5(C)[C@H]4CC[C@]23C)C1=O. The van der Waals surface area contributed by atoms with Gasteiger partial charge in [-0.25, -0.2) is 4.79 Å². The molecule has 0 bridgehead atoms. The van der Waals surface area contributed by atoms with Crippen LogP contribution in [0.1, 0.15) is 71.6 Å². The molecule has 1 heterocycles. The lowest BCUT2D eigenvalue weighted by atomic mass is 9.47. The van der Waals surface area contributed by atoms with Gasteiger partial charge in [0.1, 0.15) is 12.2 Å². The van der Waals surface area contributed by atoms with E-state index in [9.17, 15) is 14.4 Å². The molecule has 0 N–H and O–H groups in total. The van der Waals surface area contributed by atoms with Gasteiger partial charge >= 0.3 is 5.97 Å². The molecule has 5 heteroatoms. The topological polar surface area (TPSA) is 73.0 Å². The van der Waals surface area contributed by atoms with Crippen molar-refractivity contribution < 1.29 is 23.9 Å². The summed E-state index contributed by atoms with van der Waals surface area (Å²) in [6, 6.07) is 0. The minimum atomic E-state index is -1.38. The minimum Gasteiger partial charge on any atom is -0.459 e. The zero-order valence-corrected chi connectivity index (χ0v) is 18.6. The molecule has 6 aliphatic rings. The highest BCUT2D eigenvalue weighted by atomic mass is 16.7. The van der Waals surface area contributed by atoms with E-state index < -0.39 is 11.6 Å².